The maximum Gasteiger partial charge on any atom is 0.224 e. The minimum Gasteiger partial charge on any atom is -0.478 e. The molecule has 0 atom stereocenters. The summed E-state index contributed by atoms with van der Waals surface area (Å²) >= 11 is 0. The molecule has 1 amide bonds. The second-order valence-electron chi connectivity index (χ2n) is 4.61. The summed E-state index contributed by atoms with van der Waals surface area (Å²) in [6.45, 7) is 2.47. The Bertz CT molecular complexity index is 579. The summed E-state index contributed by atoms with van der Waals surface area (Å²) in [5.74, 6) is 0.509. The molecule has 21 heavy (non-hydrogen) atoms. The van der Waals surface area contributed by atoms with Crippen molar-refractivity contribution in [3.8, 4) is 5.88 Å². The van der Waals surface area contributed by atoms with Crippen LogP contribution in [0.15, 0.2) is 42.6 Å². The first-order valence-electron chi connectivity index (χ1n) is 6.90. The van der Waals surface area contributed by atoms with Gasteiger partial charge < -0.3 is 15.8 Å². The zero-order valence-electron chi connectivity index (χ0n) is 12.0. The van der Waals surface area contributed by atoms with Gasteiger partial charge in [-0.3, -0.25) is 4.79 Å². The van der Waals surface area contributed by atoms with Gasteiger partial charge in [-0.1, -0.05) is 12.1 Å². The number of amides is 1. The number of nitrogen functional groups attached to an aromatic ring is 1. The molecule has 0 saturated heterocycles. The van der Waals surface area contributed by atoms with Gasteiger partial charge in [0.1, 0.15) is 0 Å². The molecule has 0 saturated carbocycles. The molecule has 1 heterocycles. The number of nitrogens with one attached hydrogen (secondary N) is 1. The van der Waals surface area contributed by atoms with Crippen LogP contribution in [0.5, 0.6) is 5.88 Å². The van der Waals surface area contributed by atoms with E-state index in [0.29, 0.717) is 31.0 Å². The molecule has 2 rings (SSSR count). The lowest BCUT2D eigenvalue weighted by atomic mass is 10.1. The summed E-state index contributed by atoms with van der Waals surface area (Å²) < 4.78 is 5.25. The Balaban J connectivity index is 1.82. The van der Waals surface area contributed by atoms with Crippen molar-refractivity contribution in [1.82, 2.24) is 4.98 Å². The fraction of sp³-hybridized carbons (Fsp3) is 0.250. The van der Waals surface area contributed by atoms with Gasteiger partial charge in [-0.05, 0) is 37.1 Å². The van der Waals surface area contributed by atoms with E-state index in [1.54, 1.807) is 18.3 Å². The first-order chi connectivity index (χ1) is 10.2. The molecule has 0 bridgehead atoms. The second kappa shape index (κ2) is 7.28. The van der Waals surface area contributed by atoms with Gasteiger partial charge in [0.25, 0.3) is 0 Å². The number of hydrogen-bond donors (Lipinski definition) is 2. The maximum atomic E-state index is 11.9. The smallest absolute Gasteiger partial charge is 0.224 e. The molecule has 1 aromatic heterocycles. The van der Waals surface area contributed by atoms with E-state index in [9.17, 15) is 4.79 Å². The number of carbonyl (C=O) groups excluding carboxylic acids is 1. The molecule has 0 radical (unpaired) electrons. The highest BCUT2D eigenvalue weighted by molar-refractivity contribution is 5.90. The standard InChI is InChI=1S/C16H19N3O2/c1-2-21-16-10-8-14(11-18-16)19-15(20)9-5-12-3-6-13(17)7-4-12/h3-4,6-8,10-11H,2,5,9,17H2,1H3,(H,19,20). The van der Waals surface area contributed by atoms with Gasteiger partial charge in [0.15, 0.2) is 0 Å². The molecular formula is C16H19N3O2. The summed E-state index contributed by atoms with van der Waals surface area (Å²) in [5, 5.41) is 2.81. The number of nitrogens with two attached hydrogens (primary N) is 1. The van der Waals surface area contributed by atoms with Crippen molar-refractivity contribution in [2.75, 3.05) is 17.7 Å². The van der Waals surface area contributed by atoms with E-state index in [2.05, 4.69) is 10.3 Å². The van der Waals surface area contributed by atoms with Crippen LogP contribution in [0, 0.1) is 0 Å². The van der Waals surface area contributed by atoms with E-state index >= 15 is 0 Å². The Kier molecular flexibility index (Phi) is 5.15. The SMILES string of the molecule is CCOc1ccc(NC(=O)CCc2ccc(N)cc2)cn1. The van der Waals surface area contributed by atoms with E-state index in [1.165, 1.54) is 0 Å². The molecule has 0 spiro atoms. The van der Waals surface area contributed by atoms with Crippen LogP contribution >= 0.6 is 0 Å². The number of pyridine rings is 1. The van der Waals surface area contributed by atoms with Crippen molar-refractivity contribution in [2.24, 2.45) is 0 Å². The van der Waals surface area contributed by atoms with Crippen LogP contribution in [0.4, 0.5) is 11.4 Å². The number of nitrogens with zero attached hydrogens (tertiary/aromatic N) is 1. The molecule has 5 nitrogen and oxygen atoms in total. The molecule has 0 unspecified atom stereocenters. The lowest BCUT2D eigenvalue weighted by Gasteiger charge is -2.06. The molecule has 0 fully saturated rings. The van der Waals surface area contributed by atoms with Crippen LogP contribution in [-0.2, 0) is 11.2 Å². The molecule has 3 N–H and O–H groups in total. The van der Waals surface area contributed by atoms with Crippen molar-refractivity contribution in [3.05, 3.63) is 48.2 Å². The Morgan fingerprint density at radius 2 is 2.00 bits per heavy atom. The lowest BCUT2D eigenvalue weighted by Crippen LogP contribution is -2.12. The number of aryl methyl sites for hydroxylation is 1. The number of carbonyl (C=O) groups is 1. The van der Waals surface area contributed by atoms with Crippen molar-refractivity contribution in [1.29, 1.82) is 0 Å². The number of anilines is 2. The monoisotopic (exact) mass is 285 g/mol. The quantitative estimate of drug-likeness (QED) is 0.800. The molecule has 110 valence electrons. The Morgan fingerprint density at radius 3 is 2.62 bits per heavy atom. The molecule has 0 aliphatic rings. The third-order valence-corrected chi connectivity index (χ3v) is 2.93. The number of ether oxygens (including phenoxy) is 1. The summed E-state index contributed by atoms with van der Waals surface area (Å²) in [4.78, 5) is 16.0. The van der Waals surface area contributed by atoms with Crippen LogP contribution < -0.4 is 15.8 Å². The summed E-state index contributed by atoms with van der Waals surface area (Å²) in [6, 6.07) is 11.0. The number of benzene rings is 1. The third kappa shape index (κ3) is 4.80. The number of rotatable bonds is 6. The van der Waals surface area contributed by atoms with Crippen molar-refractivity contribution < 1.29 is 9.53 Å². The number of hydrogen-bond acceptors (Lipinski definition) is 4. The molecule has 2 aromatic rings. The van der Waals surface area contributed by atoms with E-state index in [1.807, 2.05) is 31.2 Å². The number of aromatic nitrogens is 1. The fourth-order valence-electron chi connectivity index (χ4n) is 1.85. The van der Waals surface area contributed by atoms with Crippen LogP contribution in [0.2, 0.25) is 0 Å². The largest absolute Gasteiger partial charge is 0.478 e. The highest BCUT2D eigenvalue weighted by Gasteiger charge is 2.04. The highest BCUT2D eigenvalue weighted by atomic mass is 16.5. The van der Waals surface area contributed by atoms with Crippen molar-refractivity contribution >= 4 is 17.3 Å². The van der Waals surface area contributed by atoms with Gasteiger partial charge in [0.2, 0.25) is 11.8 Å². The van der Waals surface area contributed by atoms with E-state index in [0.717, 1.165) is 11.3 Å². The first-order valence-corrected chi connectivity index (χ1v) is 6.90. The van der Waals surface area contributed by atoms with Crippen molar-refractivity contribution in [3.63, 3.8) is 0 Å². The molecular weight excluding hydrogens is 266 g/mol. The average Bonchev–Trinajstić information content (AvgIpc) is 2.49. The molecule has 5 heteroatoms. The first kappa shape index (κ1) is 14.8. The Morgan fingerprint density at radius 1 is 1.24 bits per heavy atom. The minimum atomic E-state index is -0.0437. The summed E-state index contributed by atoms with van der Waals surface area (Å²) in [7, 11) is 0. The second-order valence-corrected chi connectivity index (χ2v) is 4.61. The normalized spacial score (nSPS) is 10.1. The molecule has 0 aliphatic carbocycles. The van der Waals surface area contributed by atoms with E-state index < -0.39 is 0 Å². The zero-order valence-corrected chi connectivity index (χ0v) is 12.0. The predicted octanol–water partition coefficient (Wildman–Crippen LogP) is 2.63. The van der Waals surface area contributed by atoms with Gasteiger partial charge in [-0.25, -0.2) is 4.98 Å². The highest BCUT2D eigenvalue weighted by Crippen LogP contribution is 2.13. The van der Waals surface area contributed by atoms with Crippen LogP contribution in [0.1, 0.15) is 18.9 Å². The lowest BCUT2D eigenvalue weighted by molar-refractivity contribution is -0.116. The summed E-state index contributed by atoms with van der Waals surface area (Å²) in [6.07, 6.45) is 2.68. The Hall–Kier alpha value is -2.56. The van der Waals surface area contributed by atoms with Gasteiger partial charge >= 0.3 is 0 Å². The van der Waals surface area contributed by atoms with Gasteiger partial charge in [0, 0.05) is 18.2 Å². The molecule has 0 aliphatic heterocycles. The third-order valence-electron chi connectivity index (χ3n) is 2.93. The topological polar surface area (TPSA) is 77.2 Å². The van der Waals surface area contributed by atoms with Gasteiger partial charge in [0.05, 0.1) is 18.5 Å². The Labute approximate surface area is 124 Å². The van der Waals surface area contributed by atoms with Crippen LogP contribution in [0.25, 0.3) is 0 Å². The van der Waals surface area contributed by atoms with Crippen LogP contribution in [-0.4, -0.2) is 17.5 Å². The van der Waals surface area contributed by atoms with Gasteiger partial charge in [-0.2, -0.15) is 0 Å². The van der Waals surface area contributed by atoms with Crippen LogP contribution in [0.3, 0.4) is 0 Å². The minimum absolute atomic E-state index is 0.0437. The molecule has 1 aromatic carbocycles. The predicted molar refractivity (Wildman–Crippen MR) is 83.2 cm³/mol. The van der Waals surface area contributed by atoms with Gasteiger partial charge in [-0.15, -0.1) is 0 Å². The maximum absolute atomic E-state index is 11.9. The van der Waals surface area contributed by atoms with E-state index in [-0.39, 0.29) is 5.91 Å². The average molecular weight is 285 g/mol. The summed E-state index contributed by atoms with van der Waals surface area (Å²) in [5.41, 5.74) is 8.10. The fourth-order valence-corrected chi connectivity index (χ4v) is 1.85. The van der Waals surface area contributed by atoms with E-state index in [4.69, 9.17) is 10.5 Å². The van der Waals surface area contributed by atoms with Crippen molar-refractivity contribution in [2.45, 2.75) is 19.8 Å². The zero-order chi connectivity index (χ0) is 15.1.